The number of methoxy groups -OCH3 is 1. The van der Waals surface area contributed by atoms with E-state index in [0.717, 1.165) is 24.2 Å². The second-order valence-corrected chi connectivity index (χ2v) is 4.99. The molecular formula is C10H16ClN3O3S. The lowest BCUT2D eigenvalue weighted by Gasteiger charge is -2.04. The van der Waals surface area contributed by atoms with Crippen molar-refractivity contribution in [1.29, 1.82) is 0 Å². The van der Waals surface area contributed by atoms with Crippen LogP contribution in [0.5, 0.6) is 0 Å². The molecule has 1 N–H and O–H groups in total. The Bertz CT molecular complexity index is 362. The Kier molecular flexibility index (Phi) is 7.83. The fourth-order valence-electron chi connectivity index (χ4n) is 1.15. The van der Waals surface area contributed by atoms with Crippen LogP contribution in [-0.4, -0.2) is 49.6 Å². The van der Waals surface area contributed by atoms with Gasteiger partial charge in [-0.2, -0.15) is 0 Å². The Labute approximate surface area is 115 Å². The average molecular weight is 294 g/mol. The summed E-state index contributed by atoms with van der Waals surface area (Å²) in [6, 6.07) is 0. The summed E-state index contributed by atoms with van der Waals surface area (Å²) in [4.78, 5) is 11.5. The number of carbonyl (C=O) groups is 1. The van der Waals surface area contributed by atoms with Crippen LogP contribution < -0.4 is 5.32 Å². The highest BCUT2D eigenvalue weighted by Gasteiger charge is 2.10. The largest absolute Gasteiger partial charge is 0.382 e. The van der Waals surface area contributed by atoms with Gasteiger partial charge in [0, 0.05) is 20.3 Å². The number of aromatic nitrogens is 2. The molecule has 102 valence electrons. The fraction of sp³-hybridized carbons (Fsp3) is 0.700. The molecule has 1 amide bonds. The van der Waals surface area contributed by atoms with Gasteiger partial charge in [0.1, 0.15) is 0 Å². The molecule has 0 unspecified atom stereocenters. The van der Waals surface area contributed by atoms with Crippen LogP contribution in [0.25, 0.3) is 0 Å². The maximum Gasteiger partial charge on any atom is 0.282 e. The molecule has 0 aliphatic carbocycles. The minimum absolute atomic E-state index is 0.236. The monoisotopic (exact) mass is 293 g/mol. The summed E-state index contributed by atoms with van der Waals surface area (Å²) in [6.45, 7) is 2.47. The van der Waals surface area contributed by atoms with Crippen LogP contribution in [-0.2, 0) is 9.47 Å². The number of halogens is 1. The third-order valence-electron chi connectivity index (χ3n) is 2.03. The molecule has 0 saturated carbocycles. The van der Waals surface area contributed by atoms with Gasteiger partial charge in [-0.3, -0.25) is 4.79 Å². The molecule has 0 radical (unpaired) electrons. The van der Waals surface area contributed by atoms with Gasteiger partial charge in [0.25, 0.3) is 5.91 Å². The second kappa shape index (κ2) is 9.21. The minimum Gasteiger partial charge on any atom is -0.382 e. The summed E-state index contributed by atoms with van der Waals surface area (Å²) in [7, 11) is 1.64. The Morgan fingerprint density at radius 3 is 2.83 bits per heavy atom. The van der Waals surface area contributed by atoms with Crippen molar-refractivity contribution < 1.29 is 14.3 Å². The van der Waals surface area contributed by atoms with Gasteiger partial charge >= 0.3 is 0 Å². The summed E-state index contributed by atoms with van der Waals surface area (Å²) in [5.74, 6) is -0.236. The molecule has 0 bridgehead atoms. The first-order chi connectivity index (χ1) is 8.74. The number of carbonyl (C=O) groups excluding carboxylic acids is 1. The lowest BCUT2D eigenvalue weighted by atomic mass is 10.3. The highest BCUT2D eigenvalue weighted by molar-refractivity contribution is 7.17. The molecule has 0 atom stereocenters. The van der Waals surface area contributed by atoms with Gasteiger partial charge in [-0.1, -0.05) is 11.3 Å². The van der Waals surface area contributed by atoms with Gasteiger partial charge in [-0.15, -0.1) is 10.2 Å². The van der Waals surface area contributed by atoms with E-state index in [1.54, 1.807) is 7.11 Å². The van der Waals surface area contributed by atoms with Gasteiger partial charge in [-0.25, -0.2) is 0 Å². The molecule has 0 aliphatic heterocycles. The zero-order chi connectivity index (χ0) is 13.2. The number of nitrogens with one attached hydrogen (secondary N) is 1. The van der Waals surface area contributed by atoms with E-state index in [0.29, 0.717) is 26.4 Å². The van der Waals surface area contributed by atoms with Crippen LogP contribution in [0.4, 0.5) is 0 Å². The zero-order valence-corrected chi connectivity index (χ0v) is 11.7. The van der Waals surface area contributed by atoms with Gasteiger partial charge < -0.3 is 14.8 Å². The van der Waals surface area contributed by atoms with Crippen molar-refractivity contribution in [3.63, 3.8) is 0 Å². The lowest BCUT2D eigenvalue weighted by Crippen LogP contribution is -2.24. The first-order valence-electron chi connectivity index (χ1n) is 5.58. The van der Waals surface area contributed by atoms with Crippen LogP contribution in [0.3, 0.4) is 0 Å². The Morgan fingerprint density at radius 1 is 1.33 bits per heavy atom. The topological polar surface area (TPSA) is 73.3 Å². The SMILES string of the molecule is COCCOCCCCNC(=O)c1nnc(Cl)s1. The van der Waals surface area contributed by atoms with E-state index in [1.807, 2.05) is 0 Å². The quantitative estimate of drug-likeness (QED) is 0.696. The molecule has 6 nitrogen and oxygen atoms in total. The van der Waals surface area contributed by atoms with E-state index in [4.69, 9.17) is 21.1 Å². The van der Waals surface area contributed by atoms with E-state index in [1.165, 1.54) is 0 Å². The van der Waals surface area contributed by atoms with E-state index in [2.05, 4.69) is 15.5 Å². The lowest BCUT2D eigenvalue weighted by molar-refractivity contribution is 0.0686. The van der Waals surface area contributed by atoms with E-state index in [9.17, 15) is 4.79 Å². The van der Waals surface area contributed by atoms with Crippen molar-refractivity contribution in [2.45, 2.75) is 12.8 Å². The molecule has 8 heteroatoms. The Hall–Kier alpha value is -0.760. The standard InChI is InChI=1S/C10H16ClN3O3S/c1-16-6-7-17-5-3-2-4-12-8(15)9-13-14-10(11)18-9/h2-7H2,1H3,(H,12,15). The van der Waals surface area contributed by atoms with Crippen LogP contribution in [0, 0.1) is 0 Å². The predicted octanol–water partition coefficient (Wildman–Crippen LogP) is 1.36. The van der Waals surface area contributed by atoms with Crippen molar-refractivity contribution in [3.05, 3.63) is 9.47 Å². The number of hydrogen-bond donors (Lipinski definition) is 1. The molecular weight excluding hydrogens is 278 g/mol. The molecule has 1 aromatic heterocycles. The normalized spacial score (nSPS) is 10.6. The molecule has 0 spiro atoms. The van der Waals surface area contributed by atoms with Crippen molar-refractivity contribution >= 4 is 28.8 Å². The maximum absolute atomic E-state index is 11.5. The molecule has 1 rings (SSSR count). The fourth-order valence-corrected chi connectivity index (χ4v) is 1.89. The molecule has 0 aromatic carbocycles. The summed E-state index contributed by atoms with van der Waals surface area (Å²) in [5, 5.41) is 10.2. The summed E-state index contributed by atoms with van der Waals surface area (Å²) >= 11 is 6.65. The first-order valence-corrected chi connectivity index (χ1v) is 6.77. The van der Waals surface area contributed by atoms with E-state index < -0.39 is 0 Å². The third-order valence-corrected chi connectivity index (χ3v) is 3.04. The first kappa shape index (κ1) is 15.3. The van der Waals surface area contributed by atoms with E-state index >= 15 is 0 Å². The average Bonchev–Trinajstić information content (AvgIpc) is 2.79. The third kappa shape index (κ3) is 6.25. The Morgan fingerprint density at radius 2 is 2.17 bits per heavy atom. The smallest absolute Gasteiger partial charge is 0.282 e. The number of rotatable bonds is 9. The molecule has 1 heterocycles. The number of hydrogen-bond acceptors (Lipinski definition) is 6. The number of nitrogens with zero attached hydrogens (tertiary/aromatic N) is 2. The molecule has 0 aliphatic rings. The Balaban J connectivity index is 1.99. The van der Waals surface area contributed by atoms with Crippen molar-refractivity contribution in [2.24, 2.45) is 0 Å². The summed E-state index contributed by atoms with van der Waals surface area (Å²) in [5.41, 5.74) is 0. The second-order valence-electron chi connectivity index (χ2n) is 3.43. The van der Waals surface area contributed by atoms with Gasteiger partial charge in [0.05, 0.1) is 13.2 Å². The molecule has 0 saturated heterocycles. The van der Waals surface area contributed by atoms with Crippen LogP contribution in [0.15, 0.2) is 0 Å². The van der Waals surface area contributed by atoms with Gasteiger partial charge in [0.15, 0.2) is 0 Å². The number of unbranched alkanes of at least 4 members (excludes halogenated alkanes) is 1. The highest BCUT2D eigenvalue weighted by Crippen LogP contribution is 2.14. The molecule has 1 aromatic rings. The highest BCUT2D eigenvalue weighted by atomic mass is 35.5. The van der Waals surface area contributed by atoms with Gasteiger partial charge in [0.2, 0.25) is 9.47 Å². The van der Waals surface area contributed by atoms with Gasteiger partial charge in [-0.05, 0) is 24.4 Å². The minimum atomic E-state index is -0.236. The molecule has 18 heavy (non-hydrogen) atoms. The molecule has 0 fully saturated rings. The predicted molar refractivity (Wildman–Crippen MR) is 69.2 cm³/mol. The zero-order valence-electron chi connectivity index (χ0n) is 10.1. The maximum atomic E-state index is 11.5. The van der Waals surface area contributed by atoms with Crippen molar-refractivity contribution in [1.82, 2.24) is 15.5 Å². The van der Waals surface area contributed by atoms with E-state index in [-0.39, 0.29) is 15.4 Å². The summed E-state index contributed by atoms with van der Waals surface area (Å²) in [6.07, 6.45) is 1.74. The van der Waals surface area contributed by atoms with Crippen molar-refractivity contribution in [3.8, 4) is 0 Å². The van der Waals surface area contributed by atoms with Crippen LogP contribution in [0.2, 0.25) is 4.47 Å². The summed E-state index contributed by atoms with van der Waals surface area (Å²) < 4.78 is 10.4. The number of ether oxygens (including phenoxy) is 2. The number of amides is 1. The van der Waals surface area contributed by atoms with Crippen LogP contribution >= 0.6 is 22.9 Å². The van der Waals surface area contributed by atoms with Crippen LogP contribution in [0.1, 0.15) is 22.6 Å². The van der Waals surface area contributed by atoms with Crippen molar-refractivity contribution in [2.75, 3.05) is 33.5 Å².